The van der Waals surface area contributed by atoms with Gasteiger partial charge in [-0.25, -0.2) is 0 Å². The molecule has 4 nitrogen and oxygen atoms in total. The average molecular weight is 356 g/mol. The number of rotatable bonds is 4. The Bertz CT molecular complexity index is 603. The highest BCUT2D eigenvalue weighted by molar-refractivity contribution is 5.78. The van der Waals surface area contributed by atoms with Crippen LogP contribution in [0.4, 0.5) is 0 Å². The third-order valence-corrected chi connectivity index (χ3v) is 6.97. The fraction of sp³-hybridized carbons (Fsp3) is 0.682. The maximum absolute atomic E-state index is 13.1. The van der Waals surface area contributed by atoms with E-state index in [0.29, 0.717) is 36.9 Å². The van der Waals surface area contributed by atoms with E-state index in [1.54, 1.807) is 0 Å². The Morgan fingerprint density at radius 1 is 1.04 bits per heavy atom. The molecule has 2 heterocycles. The van der Waals surface area contributed by atoms with Crippen molar-refractivity contribution in [3.8, 4) is 0 Å². The number of carbonyl (C=O) groups is 1. The van der Waals surface area contributed by atoms with Gasteiger partial charge >= 0.3 is 0 Å². The van der Waals surface area contributed by atoms with Crippen LogP contribution in [0.3, 0.4) is 0 Å². The maximum atomic E-state index is 13.1. The third kappa shape index (κ3) is 3.67. The fourth-order valence-corrected chi connectivity index (χ4v) is 5.62. The van der Waals surface area contributed by atoms with Gasteiger partial charge in [0.2, 0.25) is 5.91 Å². The topological polar surface area (TPSA) is 49.6 Å². The summed E-state index contributed by atoms with van der Waals surface area (Å²) in [5.41, 5.74) is 7.43. The van der Waals surface area contributed by atoms with Crippen LogP contribution < -0.4 is 5.73 Å². The monoisotopic (exact) mass is 355 g/mol. The van der Waals surface area contributed by atoms with Gasteiger partial charge in [0.1, 0.15) is 0 Å². The minimum Gasteiger partial charge on any atom is -0.338 e. The summed E-state index contributed by atoms with van der Waals surface area (Å²) < 4.78 is 0. The van der Waals surface area contributed by atoms with Crippen LogP contribution in [-0.4, -0.2) is 54.5 Å². The number of fused-ring (bicyclic) bond motifs is 1. The quantitative estimate of drug-likeness (QED) is 0.903. The first kappa shape index (κ1) is 18.0. The average Bonchev–Trinajstić information content (AvgIpc) is 3.11. The number of hydrogen-bond donors (Lipinski definition) is 1. The highest BCUT2D eigenvalue weighted by Gasteiger charge is 2.38. The van der Waals surface area contributed by atoms with Crippen molar-refractivity contribution < 1.29 is 4.79 Å². The van der Waals surface area contributed by atoms with Crippen LogP contribution in [0, 0.1) is 11.8 Å². The van der Waals surface area contributed by atoms with Gasteiger partial charge in [-0.1, -0.05) is 43.2 Å². The first-order chi connectivity index (χ1) is 12.8. The summed E-state index contributed by atoms with van der Waals surface area (Å²) in [6.07, 6.45) is 7.69. The molecule has 0 radical (unpaired) electrons. The van der Waals surface area contributed by atoms with E-state index in [1.807, 2.05) is 0 Å². The van der Waals surface area contributed by atoms with Gasteiger partial charge in [0, 0.05) is 31.6 Å². The van der Waals surface area contributed by atoms with Crippen molar-refractivity contribution in [3.05, 3.63) is 35.9 Å². The lowest BCUT2D eigenvalue weighted by molar-refractivity contribution is -0.138. The molecule has 1 aliphatic carbocycles. The smallest absolute Gasteiger partial charge is 0.237 e. The van der Waals surface area contributed by atoms with Crippen molar-refractivity contribution >= 4 is 5.91 Å². The van der Waals surface area contributed by atoms with E-state index >= 15 is 0 Å². The van der Waals surface area contributed by atoms with Crippen molar-refractivity contribution in [2.45, 2.75) is 50.5 Å². The molecule has 4 atom stereocenters. The molecule has 1 amide bonds. The van der Waals surface area contributed by atoms with Gasteiger partial charge in [-0.3, -0.25) is 9.69 Å². The summed E-state index contributed by atoms with van der Waals surface area (Å²) in [6, 6.07) is 11.2. The predicted octanol–water partition coefficient (Wildman–Crippen LogP) is 2.84. The second-order valence-electron chi connectivity index (χ2n) is 8.55. The number of amides is 1. The highest BCUT2D eigenvalue weighted by atomic mass is 16.2. The minimum atomic E-state index is 0.353. The molecule has 26 heavy (non-hydrogen) atoms. The van der Waals surface area contributed by atoms with E-state index in [1.165, 1.54) is 44.1 Å². The van der Waals surface area contributed by atoms with Gasteiger partial charge in [-0.05, 0) is 49.6 Å². The Hall–Kier alpha value is -1.39. The number of carbonyl (C=O) groups excluding carboxylic acids is 1. The molecule has 1 saturated carbocycles. The lowest BCUT2D eigenvalue weighted by Crippen LogP contribution is -2.52. The van der Waals surface area contributed by atoms with Gasteiger partial charge in [0.15, 0.2) is 0 Å². The number of nitrogens with two attached hydrogens (primary N) is 1. The summed E-state index contributed by atoms with van der Waals surface area (Å²) in [6.45, 7) is 4.14. The van der Waals surface area contributed by atoms with Gasteiger partial charge in [-0.2, -0.15) is 0 Å². The van der Waals surface area contributed by atoms with E-state index in [0.717, 1.165) is 25.6 Å². The van der Waals surface area contributed by atoms with Gasteiger partial charge in [0.25, 0.3) is 0 Å². The number of piperidine rings is 1. The second kappa shape index (κ2) is 8.10. The molecule has 1 aromatic carbocycles. The minimum absolute atomic E-state index is 0.353. The predicted molar refractivity (Wildman–Crippen MR) is 105 cm³/mol. The Balaban J connectivity index is 1.40. The summed E-state index contributed by atoms with van der Waals surface area (Å²) in [4.78, 5) is 17.7. The van der Waals surface area contributed by atoms with Crippen LogP contribution in [0.5, 0.6) is 0 Å². The molecular weight excluding hydrogens is 322 g/mol. The molecule has 3 fully saturated rings. The van der Waals surface area contributed by atoms with Crippen LogP contribution in [0.15, 0.2) is 30.3 Å². The molecule has 1 aromatic rings. The van der Waals surface area contributed by atoms with Crippen LogP contribution in [-0.2, 0) is 4.79 Å². The lowest BCUT2D eigenvalue weighted by atomic mass is 9.78. The van der Waals surface area contributed by atoms with Crippen molar-refractivity contribution in [2.75, 3.05) is 32.7 Å². The molecular formula is C22H33N3O. The molecule has 4 heteroatoms. The van der Waals surface area contributed by atoms with Crippen LogP contribution >= 0.6 is 0 Å². The molecule has 2 aliphatic heterocycles. The number of nitrogens with zero attached hydrogens (tertiary/aromatic N) is 2. The molecule has 4 rings (SSSR count). The zero-order valence-electron chi connectivity index (χ0n) is 15.9. The Morgan fingerprint density at radius 3 is 2.62 bits per heavy atom. The van der Waals surface area contributed by atoms with E-state index in [-0.39, 0.29) is 0 Å². The van der Waals surface area contributed by atoms with Crippen LogP contribution in [0.25, 0.3) is 0 Å². The molecule has 0 aromatic heterocycles. The van der Waals surface area contributed by atoms with E-state index < -0.39 is 0 Å². The van der Waals surface area contributed by atoms with E-state index in [2.05, 4.69) is 40.1 Å². The van der Waals surface area contributed by atoms with Gasteiger partial charge < -0.3 is 10.6 Å². The standard InChI is InChI=1S/C22H33N3O/c23-13-19-14-24(15-20(19)17-7-2-1-3-8-17)16-22(26)25-12-6-10-18-9-4-5-11-21(18)25/h1-3,7-8,18-21H,4-6,9-16,23H2/t18?,19-,20+,21?/m1/s1. The SMILES string of the molecule is NC[C@@H]1CN(CC(=O)N2CCCC3CCCCC32)C[C@H]1c1ccccc1. The number of benzene rings is 1. The van der Waals surface area contributed by atoms with Gasteiger partial charge in [-0.15, -0.1) is 0 Å². The normalized spacial score (nSPS) is 32.4. The molecule has 142 valence electrons. The summed E-state index contributed by atoms with van der Waals surface area (Å²) in [7, 11) is 0. The van der Waals surface area contributed by atoms with Gasteiger partial charge in [0.05, 0.1) is 6.54 Å². The van der Waals surface area contributed by atoms with Crippen molar-refractivity contribution in [1.82, 2.24) is 9.80 Å². The molecule has 2 N–H and O–H groups in total. The van der Waals surface area contributed by atoms with Crippen LogP contribution in [0.2, 0.25) is 0 Å². The molecule has 2 unspecified atom stereocenters. The molecule has 0 bridgehead atoms. The Kier molecular flexibility index (Phi) is 5.60. The summed E-state index contributed by atoms with van der Waals surface area (Å²) in [5.74, 6) is 2.02. The largest absolute Gasteiger partial charge is 0.338 e. The maximum Gasteiger partial charge on any atom is 0.237 e. The van der Waals surface area contributed by atoms with E-state index in [4.69, 9.17) is 5.73 Å². The zero-order chi connectivity index (χ0) is 17.9. The van der Waals surface area contributed by atoms with Crippen molar-refractivity contribution in [2.24, 2.45) is 17.6 Å². The highest BCUT2D eigenvalue weighted by Crippen LogP contribution is 2.36. The summed E-state index contributed by atoms with van der Waals surface area (Å²) >= 11 is 0. The van der Waals surface area contributed by atoms with E-state index in [9.17, 15) is 4.79 Å². The second-order valence-corrected chi connectivity index (χ2v) is 8.55. The van der Waals surface area contributed by atoms with Crippen LogP contribution in [0.1, 0.15) is 50.0 Å². The summed E-state index contributed by atoms with van der Waals surface area (Å²) in [5, 5.41) is 0. The number of hydrogen-bond acceptors (Lipinski definition) is 3. The Labute approximate surface area is 157 Å². The van der Waals surface area contributed by atoms with Crippen molar-refractivity contribution in [1.29, 1.82) is 0 Å². The molecule has 0 spiro atoms. The first-order valence-corrected chi connectivity index (χ1v) is 10.5. The third-order valence-electron chi connectivity index (χ3n) is 6.97. The zero-order valence-corrected chi connectivity index (χ0v) is 15.9. The molecule has 3 aliphatic rings. The Morgan fingerprint density at radius 2 is 1.81 bits per heavy atom. The van der Waals surface area contributed by atoms with Crippen molar-refractivity contribution in [3.63, 3.8) is 0 Å². The molecule has 2 saturated heterocycles. The first-order valence-electron chi connectivity index (χ1n) is 10.5. The fourth-order valence-electron chi connectivity index (χ4n) is 5.62. The lowest BCUT2D eigenvalue weighted by Gasteiger charge is -2.44. The number of likely N-dealkylation sites (tertiary alicyclic amines) is 2.